The van der Waals surface area contributed by atoms with Gasteiger partial charge in [0.25, 0.3) is 0 Å². The van der Waals surface area contributed by atoms with Crippen molar-refractivity contribution in [3.63, 3.8) is 0 Å². The fourth-order valence-electron chi connectivity index (χ4n) is 2.09. The van der Waals surface area contributed by atoms with Crippen molar-refractivity contribution in [1.29, 1.82) is 0 Å². The minimum atomic E-state index is 0.381. The van der Waals surface area contributed by atoms with Crippen LogP contribution in [0.25, 0.3) is 0 Å². The van der Waals surface area contributed by atoms with Gasteiger partial charge in [-0.15, -0.1) is 11.3 Å². The predicted molar refractivity (Wildman–Crippen MR) is 78.3 cm³/mol. The van der Waals surface area contributed by atoms with Gasteiger partial charge >= 0.3 is 0 Å². The van der Waals surface area contributed by atoms with Crippen molar-refractivity contribution in [1.82, 2.24) is 9.78 Å². The smallest absolute Gasteiger partial charge is 0.0881 e. The lowest BCUT2D eigenvalue weighted by Gasteiger charge is -2.17. The Morgan fingerprint density at radius 2 is 2.22 bits per heavy atom. The quantitative estimate of drug-likeness (QED) is 0.877. The summed E-state index contributed by atoms with van der Waals surface area (Å²) in [5.74, 6) is 0.439. The van der Waals surface area contributed by atoms with Crippen LogP contribution in [-0.2, 0) is 7.05 Å². The molecule has 3 nitrogen and oxygen atoms in total. The van der Waals surface area contributed by atoms with Gasteiger partial charge in [0.2, 0.25) is 0 Å². The Morgan fingerprint density at radius 1 is 1.44 bits per heavy atom. The standard InChI is InChI=1S/C14H21N3S/c1-5-11(13-7-6-8-18-13)15-12-9-17(4)16-14(12)10(2)3/h6-11,15H,5H2,1-4H3. The number of aromatic nitrogens is 2. The van der Waals surface area contributed by atoms with Gasteiger partial charge in [-0.1, -0.05) is 26.8 Å². The molecule has 1 unspecified atom stereocenters. The Hall–Kier alpha value is -1.29. The Morgan fingerprint density at radius 3 is 2.78 bits per heavy atom. The van der Waals surface area contributed by atoms with E-state index in [0.717, 1.165) is 17.8 Å². The van der Waals surface area contributed by atoms with E-state index in [1.807, 2.05) is 11.7 Å². The van der Waals surface area contributed by atoms with Crippen LogP contribution < -0.4 is 5.32 Å². The van der Waals surface area contributed by atoms with Gasteiger partial charge in [0.1, 0.15) is 0 Å². The van der Waals surface area contributed by atoms with E-state index in [0.29, 0.717) is 12.0 Å². The van der Waals surface area contributed by atoms with Crippen molar-refractivity contribution >= 4 is 17.0 Å². The van der Waals surface area contributed by atoms with Crippen LogP contribution in [0.15, 0.2) is 23.7 Å². The van der Waals surface area contributed by atoms with E-state index < -0.39 is 0 Å². The highest BCUT2D eigenvalue weighted by Gasteiger charge is 2.16. The third-order valence-corrected chi connectivity index (χ3v) is 4.01. The molecule has 0 saturated carbocycles. The van der Waals surface area contributed by atoms with Crippen molar-refractivity contribution in [2.24, 2.45) is 7.05 Å². The highest BCUT2D eigenvalue weighted by Crippen LogP contribution is 2.29. The van der Waals surface area contributed by atoms with Crippen molar-refractivity contribution in [3.8, 4) is 0 Å². The van der Waals surface area contributed by atoms with E-state index in [9.17, 15) is 0 Å². The molecule has 2 aromatic rings. The maximum absolute atomic E-state index is 4.54. The zero-order chi connectivity index (χ0) is 13.1. The summed E-state index contributed by atoms with van der Waals surface area (Å²) in [6.07, 6.45) is 3.15. The lowest BCUT2D eigenvalue weighted by atomic mass is 10.1. The Labute approximate surface area is 113 Å². The predicted octanol–water partition coefficient (Wildman–Crippen LogP) is 4.17. The lowest BCUT2D eigenvalue weighted by molar-refractivity contribution is 0.712. The second kappa shape index (κ2) is 5.57. The number of anilines is 1. The Kier molecular flexibility index (Phi) is 4.07. The number of hydrogen-bond acceptors (Lipinski definition) is 3. The van der Waals surface area contributed by atoms with Gasteiger partial charge in [-0.2, -0.15) is 5.10 Å². The molecule has 98 valence electrons. The van der Waals surface area contributed by atoms with Crippen LogP contribution in [0.3, 0.4) is 0 Å². The second-order valence-corrected chi connectivity index (χ2v) is 5.86. The summed E-state index contributed by atoms with van der Waals surface area (Å²) in [7, 11) is 1.98. The van der Waals surface area contributed by atoms with Gasteiger partial charge in [0.15, 0.2) is 0 Å². The van der Waals surface area contributed by atoms with Crippen molar-refractivity contribution in [2.45, 2.75) is 39.2 Å². The Balaban J connectivity index is 2.22. The van der Waals surface area contributed by atoms with Gasteiger partial charge in [0, 0.05) is 18.1 Å². The molecule has 0 aromatic carbocycles. The second-order valence-electron chi connectivity index (χ2n) is 4.88. The van der Waals surface area contributed by atoms with E-state index in [1.54, 1.807) is 11.3 Å². The summed E-state index contributed by atoms with van der Waals surface area (Å²) in [4.78, 5) is 1.39. The summed E-state index contributed by atoms with van der Waals surface area (Å²) in [6.45, 7) is 6.57. The van der Waals surface area contributed by atoms with Gasteiger partial charge in [0.05, 0.1) is 17.4 Å². The van der Waals surface area contributed by atoms with Crippen molar-refractivity contribution in [2.75, 3.05) is 5.32 Å². The lowest BCUT2D eigenvalue weighted by Crippen LogP contribution is -2.09. The summed E-state index contributed by atoms with van der Waals surface area (Å²) in [5, 5.41) is 10.3. The maximum Gasteiger partial charge on any atom is 0.0881 e. The number of rotatable bonds is 5. The molecular weight excluding hydrogens is 242 g/mol. The minimum absolute atomic E-state index is 0.381. The van der Waals surface area contributed by atoms with Gasteiger partial charge in [-0.3, -0.25) is 4.68 Å². The molecule has 0 saturated heterocycles. The molecule has 18 heavy (non-hydrogen) atoms. The number of hydrogen-bond donors (Lipinski definition) is 1. The molecule has 0 bridgehead atoms. The molecule has 0 aliphatic rings. The van der Waals surface area contributed by atoms with E-state index in [1.165, 1.54) is 4.88 Å². The Bertz CT molecular complexity index is 485. The van der Waals surface area contributed by atoms with E-state index in [-0.39, 0.29) is 0 Å². The number of nitrogens with one attached hydrogen (secondary N) is 1. The number of thiophene rings is 1. The van der Waals surface area contributed by atoms with Crippen LogP contribution in [-0.4, -0.2) is 9.78 Å². The fraction of sp³-hybridized carbons (Fsp3) is 0.500. The largest absolute Gasteiger partial charge is 0.375 e. The molecule has 1 atom stereocenters. The fourth-order valence-corrected chi connectivity index (χ4v) is 2.96. The van der Waals surface area contributed by atoms with Crippen LogP contribution in [0.4, 0.5) is 5.69 Å². The topological polar surface area (TPSA) is 29.9 Å². The van der Waals surface area contributed by atoms with E-state index in [4.69, 9.17) is 0 Å². The first-order valence-corrected chi connectivity index (χ1v) is 7.33. The average molecular weight is 263 g/mol. The molecule has 0 radical (unpaired) electrons. The first kappa shape index (κ1) is 13.1. The zero-order valence-corrected chi connectivity index (χ0v) is 12.3. The maximum atomic E-state index is 4.54. The first-order chi connectivity index (χ1) is 8.61. The average Bonchev–Trinajstić information content (AvgIpc) is 2.94. The number of aryl methyl sites for hydroxylation is 1. The molecule has 0 spiro atoms. The molecule has 4 heteroatoms. The highest BCUT2D eigenvalue weighted by atomic mass is 32.1. The summed E-state index contributed by atoms with van der Waals surface area (Å²) in [6, 6.07) is 4.68. The molecule has 2 heterocycles. The first-order valence-electron chi connectivity index (χ1n) is 6.45. The SMILES string of the molecule is CCC(Nc1cn(C)nc1C(C)C)c1cccs1. The summed E-state index contributed by atoms with van der Waals surface area (Å²) >= 11 is 1.81. The summed E-state index contributed by atoms with van der Waals surface area (Å²) in [5.41, 5.74) is 2.31. The molecule has 1 N–H and O–H groups in total. The molecule has 0 aliphatic carbocycles. The molecule has 2 rings (SSSR count). The van der Waals surface area contributed by atoms with Crippen LogP contribution >= 0.6 is 11.3 Å². The van der Waals surface area contributed by atoms with Crippen LogP contribution in [0.2, 0.25) is 0 Å². The monoisotopic (exact) mass is 263 g/mol. The normalized spacial score (nSPS) is 12.9. The van der Waals surface area contributed by atoms with Crippen molar-refractivity contribution in [3.05, 3.63) is 34.3 Å². The van der Waals surface area contributed by atoms with Crippen molar-refractivity contribution < 1.29 is 0 Å². The zero-order valence-electron chi connectivity index (χ0n) is 11.5. The molecule has 2 aromatic heterocycles. The van der Waals surface area contributed by atoms with Crippen LogP contribution in [0.5, 0.6) is 0 Å². The van der Waals surface area contributed by atoms with Crippen LogP contribution in [0, 0.1) is 0 Å². The third kappa shape index (κ3) is 2.75. The van der Waals surface area contributed by atoms with E-state index in [2.05, 4.69) is 54.9 Å². The van der Waals surface area contributed by atoms with E-state index >= 15 is 0 Å². The van der Waals surface area contributed by atoms with Gasteiger partial charge in [-0.25, -0.2) is 0 Å². The molecule has 0 amide bonds. The molecule has 0 fully saturated rings. The highest BCUT2D eigenvalue weighted by molar-refractivity contribution is 7.10. The van der Waals surface area contributed by atoms with Gasteiger partial charge in [-0.05, 0) is 23.8 Å². The number of nitrogens with zero attached hydrogens (tertiary/aromatic N) is 2. The molecule has 0 aliphatic heterocycles. The van der Waals surface area contributed by atoms with Gasteiger partial charge < -0.3 is 5.32 Å². The third-order valence-electron chi connectivity index (χ3n) is 3.03. The summed E-state index contributed by atoms with van der Waals surface area (Å²) < 4.78 is 1.89. The minimum Gasteiger partial charge on any atom is -0.375 e. The molecular formula is C14H21N3S. The van der Waals surface area contributed by atoms with Crippen LogP contribution in [0.1, 0.15) is 49.7 Å².